The van der Waals surface area contributed by atoms with Crippen LogP contribution >= 0.6 is 0 Å². The molecule has 0 bridgehead atoms. The minimum Gasteiger partial charge on any atom is -0.427 e. The lowest BCUT2D eigenvalue weighted by Crippen LogP contribution is -2.46. The molecule has 3 rings (SSSR count). The van der Waals surface area contributed by atoms with Crippen LogP contribution in [0.1, 0.15) is 45.4 Å². The molecule has 1 spiro atoms. The first kappa shape index (κ1) is 21.9. The Morgan fingerprint density at radius 1 is 1.43 bits per heavy atom. The zero-order valence-electron chi connectivity index (χ0n) is 16.9. The van der Waals surface area contributed by atoms with Crippen molar-refractivity contribution in [3.8, 4) is 0 Å². The molecule has 0 aromatic carbocycles. The molecule has 1 saturated heterocycles. The smallest absolute Gasteiger partial charge is 0.270 e. The van der Waals surface area contributed by atoms with Gasteiger partial charge in [-0.2, -0.15) is 9.72 Å². The van der Waals surface area contributed by atoms with Crippen molar-refractivity contribution in [2.24, 2.45) is 16.3 Å². The third-order valence-electron chi connectivity index (χ3n) is 5.91. The summed E-state index contributed by atoms with van der Waals surface area (Å²) in [5, 5.41) is 19.8. The number of rotatable bonds is 8. The summed E-state index contributed by atoms with van der Waals surface area (Å²) >= 11 is 0. The van der Waals surface area contributed by atoms with Crippen molar-refractivity contribution in [2.45, 2.75) is 51.5 Å². The number of amides is 3. The Labute approximate surface area is 173 Å². The van der Waals surface area contributed by atoms with Crippen LogP contribution in [0, 0.1) is 17.2 Å². The third kappa shape index (κ3) is 4.86. The quantitative estimate of drug-likeness (QED) is 0.284. The summed E-state index contributed by atoms with van der Waals surface area (Å²) < 4.78 is 13.6. The molecule has 1 saturated carbocycles. The Hall–Kier alpha value is -2.75. The summed E-state index contributed by atoms with van der Waals surface area (Å²) in [6, 6.07) is 1.46. The van der Waals surface area contributed by atoms with Crippen molar-refractivity contribution in [1.82, 2.24) is 14.7 Å². The molecule has 0 radical (unpaired) electrons. The van der Waals surface area contributed by atoms with Gasteiger partial charge in [-0.1, -0.05) is 19.8 Å². The van der Waals surface area contributed by atoms with Crippen LogP contribution in [0.15, 0.2) is 23.3 Å². The maximum absolute atomic E-state index is 13.3. The van der Waals surface area contributed by atoms with Gasteiger partial charge in [-0.3, -0.25) is 19.6 Å². The van der Waals surface area contributed by atoms with Gasteiger partial charge in [0.25, 0.3) is 5.91 Å². The van der Waals surface area contributed by atoms with Crippen LogP contribution in [0.5, 0.6) is 0 Å². The van der Waals surface area contributed by atoms with E-state index in [0.29, 0.717) is 29.2 Å². The molecule has 2 atom stereocenters. The highest BCUT2D eigenvalue weighted by atomic mass is 19.1. The summed E-state index contributed by atoms with van der Waals surface area (Å²) in [5.74, 6) is -2.19. The van der Waals surface area contributed by atoms with E-state index in [4.69, 9.17) is 0 Å². The van der Waals surface area contributed by atoms with Crippen LogP contribution in [-0.4, -0.2) is 62.5 Å². The van der Waals surface area contributed by atoms with E-state index in [-0.39, 0.29) is 29.8 Å². The SMILES string of the molecule is CCCC[C@H](CN(O)C=O)C(=O)N1CC2(CC2)C[C@H]1C(=O)N=c1ccc(F)cn1O. The molecular formula is C20H27FN4O5. The van der Waals surface area contributed by atoms with Crippen molar-refractivity contribution in [3.63, 3.8) is 0 Å². The summed E-state index contributed by atoms with van der Waals surface area (Å²) in [7, 11) is 0. The number of unbranched alkanes of at least 4 members (excludes halogenated alkanes) is 1. The maximum atomic E-state index is 13.3. The van der Waals surface area contributed by atoms with Crippen LogP contribution in [-0.2, 0) is 14.4 Å². The molecular weight excluding hydrogens is 395 g/mol. The van der Waals surface area contributed by atoms with E-state index >= 15 is 0 Å². The Bertz CT molecular complexity index is 882. The van der Waals surface area contributed by atoms with Gasteiger partial charge in [-0.05, 0) is 43.2 Å². The van der Waals surface area contributed by atoms with E-state index in [1.807, 2.05) is 6.92 Å². The van der Waals surface area contributed by atoms with Crippen molar-refractivity contribution in [1.29, 1.82) is 0 Å². The molecule has 1 aromatic rings. The van der Waals surface area contributed by atoms with Gasteiger partial charge in [-0.25, -0.2) is 9.45 Å². The minimum absolute atomic E-state index is 0.0949. The number of hydrogen-bond acceptors (Lipinski definition) is 5. The Balaban J connectivity index is 1.84. The van der Waals surface area contributed by atoms with Crippen molar-refractivity contribution in [2.75, 3.05) is 13.1 Å². The fourth-order valence-electron chi connectivity index (χ4n) is 4.03. The lowest BCUT2D eigenvalue weighted by molar-refractivity contribution is -0.158. The summed E-state index contributed by atoms with van der Waals surface area (Å²) in [6.07, 6.45) is 5.42. The van der Waals surface area contributed by atoms with Gasteiger partial charge in [-0.15, -0.1) is 0 Å². The molecule has 30 heavy (non-hydrogen) atoms. The number of aromatic nitrogens is 1. The van der Waals surface area contributed by atoms with Gasteiger partial charge in [0.15, 0.2) is 5.49 Å². The topological polar surface area (TPSA) is 115 Å². The molecule has 2 aliphatic rings. The number of carbonyl (C=O) groups excluding carboxylic acids is 3. The summed E-state index contributed by atoms with van der Waals surface area (Å²) in [6.45, 7) is 2.26. The predicted octanol–water partition coefficient (Wildman–Crippen LogP) is 1.33. The fraction of sp³-hybridized carbons (Fsp3) is 0.600. The summed E-state index contributed by atoms with van der Waals surface area (Å²) in [4.78, 5) is 42.4. The average Bonchev–Trinajstić information content (AvgIpc) is 3.36. The molecule has 2 N–H and O–H groups in total. The van der Waals surface area contributed by atoms with Crippen LogP contribution in [0.3, 0.4) is 0 Å². The molecule has 0 unspecified atom stereocenters. The highest BCUT2D eigenvalue weighted by Gasteiger charge is 2.55. The number of halogens is 1. The van der Waals surface area contributed by atoms with Crippen LogP contribution in [0.25, 0.3) is 0 Å². The predicted molar refractivity (Wildman–Crippen MR) is 102 cm³/mol. The number of likely N-dealkylation sites (tertiary alicyclic amines) is 1. The van der Waals surface area contributed by atoms with Gasteiger partial charge >= 0.3 is 0 Å². The van der Waals surface area contributed by atoms with Gasteiger partial charge in [0.05, 0.1) is 18.7 Å². The number of hydroxylamine groups is 2. The Morgan fingerprint density at radius 2 is 2.17 bits per heavy atom. The van der Waals surface area contributed by atoms with E-state index in [0.717, 1.165) is 37.9 Å². The number of nitrogens with zero attached hydrogens (tertiary/aromatic N) is 4. The number of pyridine rings is 1. The molecule has 1 aliphatic heterocycles. The van der Waals surface area contributed by atoms with Gasteiger partial charge in [0.2, 0.25) is 12.3 Å². The summed E-state index contributed by atoms with van der Waals surface area (Å²) in [5.41, 5.74) is -0.224. The lowest BCUT2D eigenvalue weighted by atomic mass is 9.99. The zero-order valence-corrected chi connectivity index (χ0v) is 16.9. The fourth-order valence-corrected chi connectivity index (χ4v) is 4.03. The largest absolute Gasteiger partial charge is 0.427 e. The zero-order chi connectivity index (χ0) is 21.9. The Kier molecular flexibility index (Phi) is 6.55. The van der Waals surface area contributed by atoms with E-state index in [1.54, 1.807) is 0 Å². The molecule has 1 aromatic heterocycles. The molecule has 10 heteroatoms. The minimum atomic E-state index is -0.794. The molecule has 164 valence electrons. The monoisotopic (exact) mass is 422 g/mol. The van der Waals surface area contributed by atoms with Gasteiger partial charge in [0, 0.05) is 6.54 Å². The van der Waals surface area contributed by atoms with Crippen molar-refractivity contribution in [3.05, 3.63) is 29.6 Å². The second-order valence-corrected chi connectivity index (χ2v) is 8.25. The van der Waals surface area contributed by atoms with Crippen molar-refractivity contribution < 1.29 is 29.2 Å². The van der Waals surface area contributed by atoms with Gasteiger partial charge in [0.1, 0.15) is 11.9 Å². The molecule has 9 nitrogen and oxygen atoms in total. The second kappa shape index (κ2) is 8.95. The lowest BCUT2D eigenvalue weighted by Gasteiger charge is -2.28. The Morgan fingerprint density at radius 3 is 2.77 bits per heavy atom. The van der Waals surface area contributed by atoms with Crippen LogP contribution in [0.2, 0.25) is 0 Å². The average molecular weight is 422 g/mol. The molecule has 2 heterocycles. The first-order valence-corrected chi connectivity index (χ1v) is 10.2. The van der Waals surface area contributed by atoms with E-state index in [2.05, 4.69) is 4.99 Å². The van der Waals surface area contributed by atoms with Gasteiger partial charge < -0.3 is 10.1 Å². The first-order chi connectivity index (χ1) is 14.3. The van der Waals surface area contributed by atoms with Crippen LogP contribution < -0.4 is 5.49 Å². The molecule has 1 aliphatic carbocycles. The maximum Gasteiger partial charge on any atom is 0.270 e. The van der Waals surface area contributed by atoms with E-state index < -0.39 is 23.7 Å². The second-order valence-electron chi connectivity index (χ2n) is 8.25. The first-order valence-electron chi connectivity index (χ1n) is 10.2. The normalized spacial score (nSPS) is 21.0. The number of carbonyl (C=O) groups is 3. The molecule has 3 amide bonds. The van der Waals surface area contributed by atoms with E-state index in [1.165, 1.54) is 11.0 Å². The van der Waals surface area contributed by atoms with Crippen LogP contribution in [0.4, 0.5) is 4.39 Å². The standard InChI is InChI=1S/C20H27FN4O5/c1-2-3-4-14(10-23(29)13-26)19(28)24-12-20(7-8-20)9-16(24)18(27)22-17-6-5-15(21)11-25(17)30/h5-6,11,13-14,16,29-30H,2-4,7-10,12H2,1H3/t14-,16+/m1/s1. The highest BCUT2D eigenvalue weighted by Crippen LogP contribution is 2.55. The molecule has 2 fully saturated rings. The third-order valence-corrected chi connectivity index (χ3v) is 5.91. The highest BCUT2D eigenvalue weighted by molar-refractivity contribution is 5.90. The number of hydrogen-bond donors (Lipinski definition) is 2. The van der Waals surface area contributed by atoms with Crippen molar-refractivity contribution >= 4 is 18.2 Å². The van der Waals surface area contributed by atoms with E-state index in [9.17, 15) is 29.2 Å².